The van der Waals surface area contributed by atoms with Gasteiger partial charge >= 0.3 is 0 Å². The number of rotatable bonds is 7. The summed E-state index contributed by atoms with van der Waals surface area (Å²) in [5.41, 5.74) is 5.89. The van der Waals surface area contributed by atoms with Crippen molar-refractivity contribution in [2.75, 3.05) is 20.2 Å². The summed E-state index contributed by atoms with van der Waals surface area (Å²) in [7, 11) is 1.84. The van der Waals surface area contributed by atoms with Crippen molar-refractivity contribution in [3.63, 3.8) is 0 Å². The van der Waals surface area contributed by atoms with Gasteiger partial charge in [-0.25, -0.2) is 0 Å². The third kappa shape index (κ3) is 3.44. The lowest BCUT2D eigenvalue weighted by Crippen LogP contribution is -2.46. The Morgan fingerprint density at radius 2 is 2.07 bits per heavy atom. The minimum Gasteiger partial charge on any atom is -0.378 e. The third-order valence-corrected chi connectivity index (χ3v) is 3.74. The molecule has 3 nitrogen and oxygen atoms in total. The van der Waals surface area contributed by atoms with Gasteiger partial charge in [0.1, 0.15) is 0 Å². The maximum Gasteiger partial charge on any atom is 0.0690 e. The zero-order valence-electron chi connectivity index (χ0n) is 10.4. The molecule has 1 rings (SSSR count). The van der Waals surface area contributed by atoms with Crippen molar-refractivity contribution in [2.45, 2.75) is 51.2 Å². The van der Waals surface area contributed by atoms with E-state index in [2.05, 4.69) is 19.2 Å². The Bertz CT molecular complexity index is 173. The van der Waals surface area contributed by atoms with E-state index in [1.54, 1.807) is 0 Å². The predicted molar refractivity (Wildman–Crippen MR) is 63.9 cm³/mol. The van der Waals surface area contributed by atoms with Crippen LogP contribution in [-0.4, -0.2) is 31.8 Å². The van der Waals surface area contributed by atoms with Crippen LogP contribution in [0.15, 0.2) is 0 Å². The van der Waals surface area contributed by atoms with Crippen molar-refractivity contribution in [3.05, 3.63) is 0 Å². The molecule has 0 saturated heterocycles. The summed E-state index contributed by atoms with van der Waals surface area (Å²) >= 11 is 0. The molecule has 0 aromatic rings. The first-order valence-electron chi connectivity index (χ1n) is 6.12. The van der Waals surface area contributed by atoms with Gasteiger partial charge in [-0.2, -0.15) is 0 Å². The lowest BCUT2D eigenvalue weighted by Gasteiger charge is -2.41. The molecule has 1 aliphatic rings. The third-order valence-electron chi connectivity index (χ3n) is 3.74. The Morgan fingerprint density at radius 1 is 1.40 bits per heavy atom. The van der Waals surface area contributed by atoms with Crippen LogP contribution in [0.25, 0.3) is 0 Å². The molecule has 0 amide bonds. The average Bonchev–Trinajstić information content (AvgIpc) is 2.15. The highest BCUT2D eigenvalue weighted by molar-refractivity contribution is 4.90. The van der Waals surface area contributed by atoms with E-state index in [1.807, 2.05) is 7.11 Å². The maximum atomic E-state index is 5.71. The first-order valence-corrected chi connectivity index (χ1v) is 6.12. The molecule has 0 heterocycles. The second-order valence-corrected chi connectivity index (χ2v) is 5.03. The van der Waals surface area contributed by atoms with Crippen LogP contribution in [0.1, 0.15) is 39.5 Å². The van der Waals surface area contributed by atoms with Gasteiger partial charge in [0.05, 0.1) is 5.60 Å². The number of ether oxygens (including phenoxy) is 1. The topological polar surface area (TPSA) is 47.3 Å². The van der Waals surface area contributed by atoms with Crippen LogP contribution in [0.5, 0.6) is 0 Å². The number of hydrogen-bond acceptors (Lipinski definition) is 3. The minimum atomic E-state index is 0.184. The summed E-state index contributed by atoms with van der Waals surface area (Å²) in [5.74, 6) is 0.606. The smallest absolute Gasteiger partial charge is 0.0690 e. The standard InChI is InChI=1S/C12H26N2O/c1-10(2)11(9-13)14-8-7-12(15-3)5-4-6-12/h10-11,14H,4-9,13H2,1-3H3. The molecule has 1 atom stereocenters. The predicted octanol–water partition coefficient (Wildman–Crippen LogP) is 1.52. The highest BCUT2D eigenvalue weighted by atomic mass is 16.5. The largest absolute Gasteiger partial charge is 0.378 e. The Labute approximate surface area is 93.8 Å². The van der Waals surface area contributed by atoms with Crippen LogP contribution in [0.4, 0.5) is 0 Å². The molecule has 90 valence electrons. The Kier molecular flexibility index (Phi) is 5.03. The van der Waals surface area contributed by atoms with E-state index in [0.29, 0.717) is 12.0 Å². The SMILES string of the molecule is COC1(CCNC(CN)C(C)C)CCC1. The number of nitrogens with one attached hydrogen (secondary N) is 1. The first-order chi connectivity index (χ1) is 7.13. The molecule has 0 aromatic carbocycles. The fourth-order valence-corrected chi connectivity index (χ4v) is 2.20. The van der Waals surface area contributed by atoms with Gasteiger partial charge in [0, 0.05) is 19.7 Å². The molecule has 0 aromatic heterocycles. The van der Waals surface area contributed by atoms with Gasteiger partial charge in [-0.05, 0) is 38.1 Å². The minimum absolute atomic E-state index is 0.184. The Hall–Kier alpha value is -0.120. The van der Waals surface area contributed by atoms with E-state index < -0.39 is 0 Å². The van der Waals surface area contributed by atoms with Gasteiger partial charge in [0.15, 0.2) is 0 Å². The first kappa shape index (κ1) is 12.9. The van der Waals surface area contributed by atoms with E-state index in [4.69, 9.17) is 10.5 Å². The monoisotopic (exact) mass is 214 g/mol. The maximum absolute atomic E-state index is 5.71. The van der Waals surface area contributed by atoms with Crippen molar-refractivity contribution in [2.24, 2.45) is 11.7 Å². The molecule has 3 heteroatoms. The molecule has 15 heavy (non-hydrogen) atoms. The van der Waals surface area contributed by atoms with E-state index in [9.17, 15) is 0 Å². The summed E-state index contributed by atoms with van der Waals surface area (Å²) in [6.45, 7) is 6.16. The van der Waals surface area contributed by atoms with Crippen molar-refractivity contribution < 1.29 is 4.74 Å². The number of nitrogens with two attached hydrogens (primary N) is 1. The van der Waals surface area contributed by atoms with Gasteiger partial charge < -0.3 is 15.8 Å². The van der Waals surface area contributed by atoms with E-state index in [-0.39, 0.29) is 5.60 Å². The quantitative estimate of drug-likeness (QED) is 0.675. The Morgan fingerprint density at radius 3 is 2.40 bits per heavy atom. The van der Waals surface area contributed by atoms with E-state index >= 15 is 0 Å². The summed E-state index contributed by atoms with van der Waals surface area (Å²) in [6, 6.07) is 0.444. The lowest BCUT2D eigenvalue weighted by molar-refractivity contribution is -0.0772. The Balaban J connectivity index is 2.19. The summed E-state index contributed by atoms with van der Waals surface area (Å²) in [5, 5.41) is 3.52. The van der Waals surface area contributed by atoms with Crippen LogP contribution < -0.4 is 11.1 Å². The van der Waals surface area contributed by atoms with Crippen molar-refractivity contribution in [1.29, 1.82) is 0 Å². The lowest BCUT2D eigenvalue weighted by atomic mass is 9.77. The zero-order valence-corrected chi connectivity index (χ0v) is 10.4. The summed E-state index contributed by atoms with van der Waals surface area (Å²) in [6.07, 6.45) is 4.88. The molecule has 0 radical (unpaired) electrons. The molecular weight excluding hydrogens is 188 g/mol. The van der Waals surface area contributed by atoms with Crippen LogP contribution >= 0.6 is 0 Å². The summed E-state index contributed by atoms with van der Waals surface area (Å²) < 4.78 is 5.58. The van der Waals surface area contributed by atoms with E-state index in [0.717, 1.165) is 19.5 Å². The number of hydrogen-bond donors (Lipinski definition) is 2. The van der Waals surface area contributed by atoms with Crippen LogP contribution in [0.2, 0.25) is 0 Å². The van der Waals surface area contributed by atoms with Gasteiger partial charge in [-0.3, -0.25) is 0 Å². The molecule has 1 fully saturated rings. The summed E-state index contributed by atoms with van der Waals surface area (Å²) in [4.78, 5) is 0. The molecule has 0 spiro atoms. The fourth-order valence-electron chi connectivity index (χ4n) is 2.20. The normalized spacial score (nSPS) is 21.4. The van der Waals surface area contributed by atoms with Crippen molar-refractivity contribution in [1.82, 2.24) is 5.32 Å². The van der Waals surface area contributed by atoms with Gasteiger partial charge in [0.2, 0.25) is 0 Å². The second-order valence-electron chi connectivity index (χ2n) is 5.03. The van der Waals surface area contributed by atoms with E-state index in [1.165, 1.54) is 19.3 Å². The zero-order chi connectivity index (χ0) is 11.3. The molecule has 0 aliphatic heterocycles. The van der Waals surface area contributed by atoms with Crippen LogP contribution in [0.3, 0.4) is 0 Å². The van der Waals surface area contributed by atoms with Gasteiger partial charge in [-0.1, -0.05) is 13.8 Å². The molecule has 0 bridgehead atoms. The molecule has 1 unspecified atom stereocenters. The second kappa shape index (κ2) is 5.83. The molecule has 3 N–H and O–H groups in total. The molecule has 1 aliphatic carbocycles. The molecule has 1 saturated carbocycles. The van der Waals surface area contributed by atoms with Crippen molar-refractivity contribution in [3.8, 4) is 0 Å². The van der Waals surface area contributed by atoms with Crippen molar-refractivity contribution >= 4 is 0 Å². The highest BCUT2D eigenvalue weighted by Gasteiger charge is 2.36. The number of methoxy groups -OCH3 is 1. The van der Waals surface area contributed by atoms with Gasteiger partial charge in [0.25, 0.3) is 0 Å². The molecular formula is C12H26N2O. The van der Waals surface area contributed by atoms with Crippen LogP contribution in [0, 0.1) is 5.92 Å². The van der Waals surface area contributed by atoms with Crippen LogP contribution in [-0.2, 0) is 4.74 Å². The van der Waals surface area contributed by atoms with Gasteiger partial charge in [-0.15, -0.1) is 0 Å². The average molecular weight is 214 g/mol. The highest BCUT2D eigenvalue weighted by Crippen LogP contribution is 2.37. The fraction of sp³-hybridized carbons (Fsp3) is 1.00.